The van der Waals surface area contributed by atoms with Crippen molar-refractivity contribution >= 4 is 27.9 Å². The van der Waals surface area contributed by atoms with Crippen LogP contribution in [0.25, 0.3) is 4.96 Å². The van der Waals surface area contributed by atoms with Gasteiger partial charge in [0.05, 0.1) is 5.02 Å². The third-order valence-corrected chi connectivity index (χ3v) is 3.69. The van der Waals surface area contributed by atoms with Crippen LogP contribution in [0, 0.1) is 5.82 Å². The first kappa shape index (κ1) is 12.4. The highest BCUT2D eigenvalue weighted by Crippen LogP contribution is 2.29. The normalized spacial score (nSPS) is 11.1. The number of nitrogens with two attached hydrogens (primary N) is 1. The standard InChI is InChI=1S/C12H9ClFN3OS/c13-8-2-1-7(5-9(8)14)18-11-10(6-15)17-3-4-19-12(17)16-11/h1-5H,6,15H2. The molecule has 7 heteroatoms. The molecule has 0 saturated carbocycles. The Morgan fingerprint density at radius 3 is 3.05 bits per heavy atom. The number of aromatic nitrogens is 2. The first-order chi connectivity index (χ1) is 9.19. The number of benzene rings is 1. The molecule has 3 aromatic rings. The van der Waals surface area contributed by atoms with E-state index in [1.165, 1.54) is 23.5 Å². The van der Waals surface area contributed by atoms with Gasteiger partial charge in [-0.25, -0.2) is 4.39 Å². The van der Waals surface area contributed by atoms with Crippen LogP contribution in [-0.2, 0) is 6.54 Å². The minimum Gasteiger partial charge on any atom is -0.437 e. The van der Waals surface area contributed by atoms with Crippen molar-refractivity contribution in [2.75, 3.05) is 0 Å². The molecule has 0 unspecified atom stereocenters. The Hall–Kier alpha value is -1.63. The van der Waals surface area contributed by atoms with E-state index in [1.54, 1.807) is 6.07 Å². The molecule has 4 nitrogen and oxygen atoms in total. The van der Waals surface area contributed by atoms with Crippen LogP contribution in [0.5, 0.6) is 11.6 Å². The Kier molecular flexibility index (Phi) is 3.14. The van der Waals surface area contributed by atoms with E-state index in [2.05, 4.69) is 4.98 Å². The van der Waals surface area contributed by atoms with Gasteiger partial charge in [-0.2, -0.15) is 4.98 Å². The van der Waals surface area contributed by atoms with E-state index in [0.717, 1.165) is 10.7 Å². The van der Waals surface area contributed by atoms with Crippen LogP contribution >= 0.6 is 22.9 Å². The second kappa shape index (κ2) is 4.80. The lowest BCUT2D eigenvalue weighted by Gasteiger charge is -2.05. The van der Waals surface area contributed by atoms with Gasteiger partial charge in [-0.15, -0.1) is 11.3 Å². The summed E-state index contributed by atoms with van der Waals surface area (Å²) in [5.41, 5.74) is 6.44. The van der Waals surface area contributed by atoms with Gasteiger partial charge in [0, 0.05) is 24.2 Å². The van der Waals surface area contributed by atoms with Crippen LogP contribution in [0.4, 0.5) is 4.39 Å². The number of fused-ring (bicyclic) bond motifs is 1. The van der Waals surface area contributed by atoms with Crippen LogP contribution in [0.15, 0.2) is 29.8 Å². The van der Waals surface area contributed by atoms with Crippen LogP contribution in [0.3, 0.4) is 0 Å². The van der Waals surface area contributed by atoms with E-state index in [-0.39, 0.29) is 11.6 Å². The van der Waals surface area contributed by atoms with E-state index < -0.39 is 5.82 Å². The Balaban J connectivity index is 2.00. The summed E-state index contributed by atoms with van der Waals surface area (Å²) in [5.74, 6) is 0.188. The molecule has 1 aromatic carbocycles. The molecule has 0 spiro atoms. The summed E-state index contributed by atoms with van der Waals surface area (Å²) in [6.45, 7) is 0.281. The Labute approximate surface area is 117 Å². The highest BCUT2D eigenvalue weighted by molar-refractivity contribution is 7.15. The topological polar surface area (TPSA) is 52.5 Å². The Bertz CT molecular complexity index is 740. The molecular formula is C12H9ClFN3OS. The molecule has 0 fully saturated rings. The van der Waals surface area contributed by atoms with Gasteiger partial charge in [-0.1, -0.05) is 11.6 Å². The van der Waals surface area contributed by atoms with Gasteiger partial charge in [0.2, 0.25) is 5.88 Å². The average molecular weight is 298 g/mol. The highest BCUT2D eigenvalue weighted by Gasteiger charge is 2.14. The molecule has 0 saturated heterocycles. The second-order valence-electron chi connectivity index (χ2n) is 3.80. The van der Waals surface area contributed by atoms with Crippen molar-refractivity contribution in [3.8, 4) is 11.6 Å². The van der Waals surface area contributed by atoms with E-state index in [9.17, 15) is 4.39 Å². The summed E-state index contributed by atoms with van der Waals surface area (Å²) < 4.78 is 20.8. The molecule has 0 radical (unpaired) electrons. The molecule has 2 heterocycles. The summed E-state index contributed by atoms with van der Waals surface area (Å²) in [7, 11) is 0. The van der Waals surface area contributed by atoms with E-state index in [0.29, 0.717) is 11.6 Å². The zero-order valence-corrected chi connectivity index (χ0v) is 11.2. The van der Waals surface area contributed by atoms with Crippen molar-refractivity contribution in [2.24, 2.45) is 5.73 Å². The summed E-state index contributed by atoms with van der Waals surface area (Å²) in [5, 5.41) is 1.96. The van der Waals surface area contributed by atoms with Gasteiger partial charge in [0.15, 0.2) is 4.96 Å². The van der Waals surface area contributed by atoms with Crippen LogP contribution in [-0.4, -0.2) is 9.38 Å². The molecule has 2 N–H and O–H groups in total. The largest absolute Gasteiger partial charge is 0.437 e. The molecule has 19 heavy (non-hydrogen) atoms. The number of halogens is 2. The number of hydrogen-bond donors (Lipinski definition) is 1. The third-order valence-electron chi connectivity index (χ3n) is 2.62. The van der Waals surface area contributed by atoms with Gasteiger partial charge in [-0.3, -0.25) is 4.40 Å². The predicted molar refractivity (Wildman–Crippen MR) is 72.4 cm³/mol. The Morgan fingerprint density at radius 2 is 2.32 bits per heavy atom. The lowest BCUT2D eigenvalue weighted by atomic mass is 10.3. The lowest BCUT2D eigenvalue weighted by molar-refractivity contribution is 0.455. The summed E-state index contributed by atoms with van der Waals surface area (Å²) in [6, 6.07) is 4.24. The van der Waals surface area contributed by atoms with Crippen molar-refractivity contribution in [1.29, 1.82) is 0 Å². The monoisotopic (exact) mass is 297 g/mol. The van der Waals surface area contributed by atoms with E-state index >= 15 is 0 Å². The lowest BCUT2D eigenvalue weighted by Crippen LogP contribution is -2.01. The van der Waals surface area contributed by atoms with E-state index in [1.807, 2.05) is 16.0 Å². The number of rotatable bonds is 3. The van der Waals surface area contributed by atoms with Gasteiger partial charge in [0.25, 0.3) is 0 Å². The molecule has 0 amide bonds. The van der Waals surface area contributed by atoms with E-state index in [4.69, 9.17) is 22.1 Å². The Morgan fingerprint density at radius 1 is 1.47 bits per heavy atom. The fourth-order valence-corrected chi connectivity index (χ4v) is 2.57. The predicted octanol–water partition coefficient (Wildman–Crippen LogP) is 3.44. The summed E-state index contributed by atoms with van der Waals surface area (Å²) in [4.78, 5) is 5.10. The zero-order valence-electron chi connectivity index (χ0n) is 9.64. The van der Waals surface area contributed by atoms with Crippen molar-refractivity contribution in [3.63, 3.8) is 0 Å². The zero-order chi connectivity index (χ0) is 13.4. The number of imidazole rings is 1. The molecule has 2 aromatic heterocycles. The number of hydrogen-bond acceptors (Lipinski definition) is 4. The number of thiazole rings is 1. The first-order valence-electron chi connectivity index (χ1n) is 5.46. The van der Waals surface area contributed by atoms with Crippen LogP contribution in [0.2, 0.25) is 5.02 Å². The minimum atomic E-state index is -0.533. The maximum Gasteiger partial charge on any atom is 0.243 e. The first-order valence-corrected chi connectivity index (χ1v) is 6.72. The van der Waals surface area contributed by atoms with Crippen LogP contribution < -0.4 is 10.5 Å². The van der Waals surface area contributed by atoms with Crippen molar-refractivity contribution in [2.45, 2.75) is 6.54 Å². The molecular weight excluding hydrogens is 289 g/mol. The van der Waals surface area contributed by atoms with Crippen LogP contribution in [0.1, 0.15) is 5.69 Å². The maximum absolute atomic E-state index is 13.3. The fraction of sp³-hybridized carbons (Fsp3) is 0.0833. The quantitative estimate of drug-likeness (QED) is 0.805. The molecule has 0 aliphatic rings. The van der Waals surface area contributed by atoms with Gasteiger partial charge in [-0.05, 0) is 12.1 Å². The number of nitrogens with zero attached hydrogens (tertiary/aromatic N) is 2. The van der Waals surface area contributed by atoms with Gasteiger partial charge < -0.3 is 10.5 Å². The minimum absolute atomic E-state index is 0.0530. The molecule has 0 bridgehead atoms. The highest BCUT2D eigenvalue weighted by atomic mass is 35.5. The maximum atomic E-state index is 13.3. The number of ether oxygens (including phenoxy) is 1. The molecule has 98 valence electrons. The van der Waals surface area contributed by atoms with Crippen molar-refractivity contribution in [1.82, 2.24) is 9.38 Å². The molecule has 0 aliphatic heterocycles. The SMILES string of the molecule is NCc1c(Oc2ccc(Cl)c(F)c2)nc2sccn12. The molecule has 0 atom stereocenters. The average Bonchev–Trinajstić information content (AvgIpc) is 2.94. The van der Waals surface area contributed by atoms with Crippen molar-refractivity contribution in [3.05, 3.63) is 46.3 Å². The second-order valence-corrected chi connectivity index (χ2v) is 5.08. The van der Waals surface area contributed by atoms with Gasteiger partial charge in [0.1, 0.15) is 17.3 Å². The summed E-state index contributed by atoms with van der Waals surface area (Å²) in [6.07, 6.45) is 1.87. The molecule has 0 aliphatic carbocycles. The van der Waals surface area contributed by atoms with Crippen molar-refractivity contribution < 1.29 is 9.13 Å². The smallest absolute Gasteiger partial charge is 0.243 e. The molecule has 3 rings (SSSR count). The third kappa shape index (κ3) is 2.18. The summed E-state index contributed by atoms with van der Waals surface area (Å²) >= 11 is 7.10. The fourth-order valence-electron chi connectivity index (χ4n) is 1.73. The van der Waals surface area contributed by atoms with Gasteiger partial charge >= 0.3 is 0 Å².